The number of nitrogens with zero attached hydrogens (tertiary/aromatic N) is 1. The van der Waals surface area contributed by atoms with Gasteiger partial charge in [-0.1, -0.05) is 36.4 Å². The van der Waals surface area contributed by atoms with Crippen LogP contribution in [-0.4, -0.2) is 19.0 Å². The zero-order chi connectivity index (χ0) is 13.2. The first-order valence-corrected chi connectivity index (χ1v) is 6.62. The van der Waals surface area contributed by atoms with Gasteiger partial charge in [0.15, 0.2) is 0 Å². The summed E-state index contributed by atoms with van der Waals surface area (Å²) in [5.41, 5.74) is 1.34. The zero-order valence-corrected chi connectivity index (χ0v) is 11.4. The lowest BCUT2D eigenvalue weighted by atomic mass is 9.89. The van der Waals surface area contributed by atoms with Crippen LogP contribution in [0.15, 0.2) is 42.5 Å². The van der Waals surface area contributed by atoms with Crippen LogP contribution in [0.1, 0.15) is 11.6 Å². The molecule has 1 fully saturated rings. The SMILES string of the molecule is CN(C)[C@@H]([C]1[CH][CH][CH][CH]1)c1ccc2ccccc2c1. The van der Waals surface area contributed by atoms with Gasteiger partial charge in [-0.15, -0.1) is 0 Å². The summed E-state index contributed by atoms with van der Waals surface area (Å²) in [6, 6.07) is 15.6. The molecule has 0 N–H and O–H groups in total. The highest BCUT2D eigenvalue weighted by Gasteiger charge is 2.29. The molecule has 19 heavy (non-hydrogen) atoms. The Morgan fingerprint density at radius 3 is 2.21 bits per heavy atom. The number of rotatable bonds is 3. The molecule has 95 valence electrons. The van der Waals surface area contributed by atoms with E-state index in [1.165, 1.54) is 22.3 Å². The van der Waals surface area contributed by atoms with Crippen molar-refractivity contribution in [2.24, 2.45) is 0 Å². The van der Waals surface area contributed by atoms with Gasteiger partial charge in [0.1, 0.15) is 0 Å². The highest BCUT2D eigenvalue weighted by Crippen LogP contribution is 2.38. The molecular weight excluding hydrogens is 230 g/mol. The van der Waals surface area contributed by atoms with E-state index < -0.39 is 0 Å². The summed E-state index contributed by atoms with van der Waals surface area (Å²) in [4.78, 5) is 2.26. The minimum absolute atomic E-state index is 0.319. The van der Waals surface area contributed by atoms with Crippen molar-refractivity contribution in [2.45, 2.75) is 6.04 Å². The Morgan fingerprint density at radius 2 is 1.53 bits per heavy atom. The molecule has 0 unspecified atom stereocenters. The monoisotopic (exact) mass is 248 g/mol. The third-order valence-corrected chi connectivity index (χ3v) is 3.61. The van der Waals surface area contributed by atoms with Crippen molar-refractivity contribution in [2.75, 3.05) is 14.1 Å². The van der Waals surface area contributed by atoms with Gasteiger partial charge in [-0.2, -0.15) is 0 Å². The number of benzene rings is 2. The number of fused-ring (bicyclic) bond motifs is 1. The van der Waals surface area contributed by atoms with Crippen molar-refractivity contribution in [3.63, 3.8) is 0 Å². The molecule has 1 atom stereocenters. The van der Waals surface area contributed by atoms with E-state index in [0.717, 1.165) is 0 Å². The van der Waals surface area contributed by atoms with Gasteiger partial charge in [-0.3, -0.25) is 0 Å². The quantitative estimate of drug-likeness (QED) is 0.797. The molecule has 3 rings (SSSR count). The van der Waals surface area contributed by atoms with Crippen molar-refractivity contribution in [3.05, 3.63) is 79.6 Å². The molecule has 1 aliphatic rings. The van der Waals surface area contributed by atoms with Crippen LogP contribution >= 0.6 is 0 Å². The Morgan fingerprint density at radius 1 is 0.842 bits per heavy atom. The Bertz CT molecular complexity index is 552. The van der Waals surface area contributed by atoms with Crippen molar-refractivity contribution in [1.82, 2.24) is 4.90 Å². The van der Waals surface area contributed by atoms with E-state index in [0.29, 0.717) is 6.04 Å². The first-order chi connectivity index (χ1) is 9.25. The summed E-state index contributed by atoms with van der Waals surface area (Å²) in [7, 11) is 4.26. The first-order valence-electron chi connectivity index (χ1n) is 6.62. The second-order valence-electron chi connectivity index (χ2n) is 5.19. The van der Waals surface area contributed by atoms with Gasteiger partial charge in [0, 0.05) is 12.0 Å². The molecular formula is C18H18N. The number of hydrogen-bond donors (Lipinski definition) is 0. The van der Waals surface area contributed by atoms with E-state index in [-0.39, 0.29) is 0 Å². The maximum Gasteiger partial charge on any atom is 0.0410 e. The highest BCUT2D eigenvalue weighted by atomic mass is 15.1. The Hall–Kier alpha value is -1.34. The summed E-state index contributed by atoms with van der Waals surface area (Å²) in [5.74, 6) is 1.35. The van der Waals surface area contributed by atoms with Crippen LogP contribution in [0.4, 0.5) is 0 Å². The predicted molar refractivity (Wildman–Crippen MR) is 80.8 cm³/mol. The molecule has 0 amide bonds. The molecule has 2 aromatic carbocycles. The van der Waals surface area contributed by atoms with Crippen molar-refractivity contribution >= 4 is 10.8 Å². The molecule has 0 aliphatic heterocycles. The first kappa shape index (κ1) is 12.7. The van der Waals surface area contributed by atoms with Gasteiger partial charge < -0.3 is 4.90 Å². The van der Waals surface area contributed by atoms with Gasteiger partial charge in [0.25, 0.3) is 0 Å². The second-order valence-corrected chi connectivity index (χ2v) is 5.19. The molecule has 1 aliphatic carbocycles. The van der Waals surface area contributed by atoms with Gasteiger partial charge in [-0.05, 0) is 62.2 Å². The van der Waals surface area contributed by atoms with Gasteiger partial charge in [0.05, 0.1) is 0 Å². The molecule has 1 nitrogen and oxygen atoms in total. The van der Waals surface area contributed by atoms with E-state index in [4.69, 9.17) is 0 Å². The minimum atomic E-state index is 0.319. The standard InChI is InChI=1S/C18H18N/c1-19(2)18(15-8-4-5-9-15)17-12-11-14-7-3-6-10-16(14)13-17/h3-13,18H,1-2H3/t18-/m0/s1. The van der Waals surface area contributed by atoms with Gasteiger partial charge >= 0.3 is 0 Å². The number of hydrogen-bond acceptors (Lipinski definition) is 1. The summed E-state index contributed by atoms with van der Waals surface area (Å²) < 4.78 is 0. The fourth-order valence-electron chi connectivity index (χ4n) is 2.74. The Balaban J connectivity index is 1.99. The van der Waals surface area contributed by atoms with Gasteiger partial charge in [0.2, 0.25) is 0 Å². The van der Waals surface area contributed by atoms with Crippen LogP contribution in [0.25, 0.3) is 10.8 Å². The zero-order valence-electron chi connectivity index (χ0n) is 11.4. The summed E-state index contributed by atoms with van der Waals surface area (Å²) in [6.07, 6.45) is 8.60. The third kappa shape index (κ3) is 2.52. The molecule has 0 saturated heterocycles. The van der Waals surface area contributed by atoms with Crippen LogP contribution in [0, 0.1) is 31.6 Å². The fourth-order valence-corrected chi connectivity index (χ4v) is 2.74. The van der Waals surface area contributed by atoms with Crippen LogP contribution in [0.2, 0.25) is 0 Å². The average Bonchev–Trinajstić information content (AvgIpc) is 2.92. The van der Waals surface area contributed by atoms with Crippen LogP contribution in [0.5, 0.6) is 0 Å². The molecule has 0 heterocycles. The smallest absolute Gasteiger partial charge is 0.0410 e. The van der Waals surface area contributed by atoms with E-state index in [9.17, 15) is 0 Å². The summed E-state index contributed by atoms with van der Waals surface area (Å²) in [5, 5.41) is 2.60. The average molecular weight is 248 g/mol. The van der Waals surface area contributed by atoms with Crippen LogP contribution in [-0.2, 0) is 0 Å². The van der Waals surface area contributed by atoms with E-state index in [2.05, 4.69) is 87.1 Å². The molecule has 1 heteroatoms. The van der Waals surface area contributed by atoms with E-state index in [1.807, 2.05) is 0 Å². The lowest BCUT2D eigenvalue weighted by molar-refractivity contribution is 0.321. The molecule has 1 saturated carbocycles. The normalized spacial score (nSPS) is 18.3. The topological polar surface area (TPSA) is 3.24 Å². The van der Waals surface area contributed by atoms with Crippen molar-refractivity contribution < 1.29 is 0 Å². The van der Waals surface area contributed by atoms with Crippen molar-refractivity contribution in [1.29, 1.82) is 0 Å². The van der Waals surface area contributed by atoms with E-state index >= 15 is 0 Å². The van der Waals surface area contributed by atoms with Crippen LogP contribution < -0.4 is 0 Å². The maximum absolute atomic E-state index is 2.30. The van der Waals surface area contributed by atoms with Gasteiger partial charge in [-0.25, -0.2) is 0 Å². The third-order valence-electron chi connectivity index (χ3n) is 3.61. The Labute approximate surface area is 116 Å². The summed E-state index contributed by atoms with van der Waals surface area (Å²) in [6.45, 7) is 0. The predicted octanol–water partition coefficient (Wildman–Crippen LogP) is 3.85. The van der Waals surface area contributed by atoms with E-state index in [1.54, 1.807) is 0 Å². The molecule has 5 radical (unpaired) electrons. The largest absolute Gasteiger partial charge is 0.302 e. The molecule has 2 aromatic rings. The lowest BCUT2D eigenvalue weighted by Gasteiger charge is -2.30. The second kappa shape index (κ2) is 5.34. The maximum atomic E-state index is 2.30. The van der Waals surface area contributed by atoms with Crippen molar-refractivity contribution in [3.8, 4) is 0 Å². The molecule has 0 bridgehead atoms. The lowest BCUT2D eigenvalue weighted by Crippen LogP contribution is -2.25. The molecule has 0 spiro atoms. The summed E-state index contributed by atoms with van der Waals surface area (Å²) >= 11 is 0. The Kier molecular flexibility index (Phi) is 3.56. The minimum Gasteiger partial charge on any atom is -0.302 e. The fraction of sp³-hybridized carbons (Fsp3) is 0.167. The van der Waals surface area contributed by atoms with Crippen LogP contribution in [0.3, 0.4) is 0 Å². The highest BCUT2D eigenvalue weighted by molar-refractivity contribution is 5.83. The molecule has 0 aromatic heterocycles.